The highest BCUT2D eigenvalue weighted by molar-refractivity contribution is 6.33. The fourth-order valence-corrected chi connectivity index (χ4v) is 2.29. The van der Waals surface area contributed by atoms with E-state index >= 15 is 0 Å². The van der Waals surface area contributed by atoms with Crippen molar-refractivity contribution < 1.29 is 8.81 Å². The minimum atomic E-state index is -0.439. The molecule has 0 aliphatic heterocycles. The maximum Gasteiger partial charge on any atom is 0.137 e. The monoisotopic (exact) mass is 275 g/mol. The predicted molar refractivity (Wildman–Crippen MR) is 75.8 cm³/mol. The van der Waals surface area contributed by atoms with Crippen LogP contribution in [0.25, 0.3) is 22.3 Å². The normalized spacial score (nSPS) is 11.1. The molecule has 96 valence electrons. The SMILES string of the molecule is Cc1ccc2oc(-c3cc(F)cc(Cl)c3N)cc2c1. The number of nitrogens with two attached hydrogens (primary N) is 1. The Morgan fingerprint density at radius 2 is 1.95 bits per heavy atom. The Kier molecular flexibility index (Phi) is 2.72. The van der Waals surface area contributed by atoms with Crippen LogP contribution in [0.5, 0.6) is 0 Å². The highest BCUT2D eigenvalue weighted by atomic mass is 35.5. The van der Waals surface area contributed by atoms with Gasteiger partial charge in [-0.3, -0.25) is 0 Å². The molecule has 0 amide bonds. The van der Waals surface area contributed by atoms with Crippen LogP contribution in [0.1, 0.15) is 5.56 Å². The van der Waals surface area contributed by atoms with Gasteiger partial charge in [-0.1, -0.05) is 23.2 Å². The predicted octanol–water partition coefficient (Wildman–Crippen LogP) is 4.78. The number of rotatable bonds is 1. The molecule has 0 aliphatic rings. The van der Waals surface area contributed by atoms with Crippen molar-refractivity contribution >= 4 is 28.3 Å². The maximum atomic E-state index is 13.4. The van der Waals surface area contributed by atoms with Gasteiger partial charge in [-0.05, 0) is 37.3 Å². The summed E-state index contributed by atoms with van der Waals surface area (Å²) < 4.78 is 19.1. The number of aryl methyl sites for hydroxylation is 1. The van der Waals surface area contributed by atoms with Crippen LogP contribution in [0.4, 0.5) is 10.1 Å². The molecule has 19 heavy (non-hydrogen) atoms. The fraction of sp³-hybridized carbons (Fsp3) is 0.0667. The van der Waals surface area contributed by atoms with E-state index in [1.54, 1.807) is 0 Å². The van der Waals surface area contributed by atoms with Crippen LogP contribution in [-0.4, -0.2) is 0 Å². The van der Waals surface area contributed by atoms with Crippen molar-refractivity contribution in [1.82, 2.24) is 0 Å². The third-order valence-electron chi connectivity index (χ3n) is 3.03. The Hall–Kier alpha value is -2.00. The molecule has 2 nitrogen and oxygen atoms in total. The number of halogens is 2. The van der Waals surface area contributed by atoms with Crippen LogP contribution in [-0.2, 0) is 0 Å². The molecule has 2 N–H and O–H groups in total. The van der Waals surface area contributed by atoms with Gasteiger partial charge in [-0.25, -0.2) is 4.39 Å². The fourth-order valence-electron chi connectivity index (χ4n) is 2.08. The third-order valence-corrected chi connectivity index (χ3v) is 3.34. The van der Waals surface area contributed by atoms with Crippen molar-refractivity contribution in [2.24, 2.45) is 0 Å². The molecule has 0 bridgehead atoms. The second-order valence-electron chi connectivity index (χ2n) is 4.50. The first-order chi connectivity index (χ1) is 9.04. The highest BCUT2D eigenvalue weighted by Crippen LogP contribution is 2.35. The van der Waals surface area contributed by atoms with E-state index in [1.165, 1.54) is 12.1 Å². The average molecular weight is 276 g/mol. The third kappa shape index (κ3) is 2.06. The van der Waals surface area contributed by atoms with Gasteiger partial charge in [0, 0.05) is 10.9 Å². The van der Waals surface area contributed by atoms with Crippen molar-refractivity contribution in [1.29, 1.82) is 0 Å². The van der Waals surface area contributed by atoms with Gasteiger partial charge in [0.1, 0.15) is 17.2 Å². The number of hydrogen-bond donors (Lipinski definition) is 1. The van der Waals surface area contributed by atoms with E-state index in [2.05, 4.69) is 0 Å². The minimum absolute atomic E-state index is 0.187. The van der Waals surface area contributed by atoms with Crippen LogP contribution in [0.2, 0.25) is 5.02 Å². The van der Waals surface area contributed by atoms with Gasteiger partial charge in [0.25, 0.3) is 0 Å². The lowest BCUT2D eigenvalue weighted by molar-refractivity contribution is 0.618. The quantitative estimate of drug-likeness (QED) is 0.649. The van der Waals surface area contributed by atoms with Crippen molar-refractivity contribution in [2.75, 3.05) is 5.73 Å². The van der Waals surface area contributed by atoms with Crippen molar-refractivity contribution in [3.05, 3.63) is 52.8 Å². The zero-order valence-electron chi connectivity index (χ0n) is 10.2. The molecule has 0 fully saturated rings. The molecule has 2 aromatic carbocycles. The molecule has 0 aliphatic carbocycles. The number of benzene rings is 2. The van der Waals surface area contributed by atoms with Gasteiger partial charge in [0.15, 0.2) is 0 Å². The van der Waals surface area contributed by atoms with E-state index in [9.17, 15) is 4.39 Å². The first-order valence-electron chi connectivity index (χ1n) is 5.79. The second-order valence-corrected chi connectivity index (χ2v) is 4.91. The zero-order valence-corrected chi connectivity index (χ0v) is 11.0. The largest absolute Gasteiger partial charge is 0.456 e. The van der Waals surface area contributed by atoms with Gasteiger partial charge in [-0.15, -0.1) is 0 Å². The van der Waals surface area contributed by atoms with Gasteiger partial charge in [0.05, 0.1) is 10.7 Å². The van der Waals surface area contributed by atoms with Gasteiger partial charge < -0.3 is 10.2 Å². The zero-order chi connectivity index (χ0) is 13.6. The van der Waals surface area contributed by atoms with Crippen LogP contribution in [0.15, 0.2) is 40.8 Å². The summed E-state index contributed by atoms with van der Waals surface area (Å²) in [6.07, 6.45) is 0. The molecule has 3 rings (SSSR count). The Bertz CT molecular complexity index is 779. The highest BCUT2D eigenvalue weighted by Gasteiger charge is 2.13. The molecular formula is C15H11ClFNO. The van der Waals surface area contributed by atoms with E-state index < -0.39 is 5.82 Å². The van der Waals surface area contributed by atoms with Crippen molar-refractivity contribution in [3.63, 3.8) is 0 Å². The van der Waals surface area contributed by atoms with E-state index in [0.717, 1.165) is 16.5 Å². The number of anilines is 1. The minimum Gasteiger partial charge on any atom is -0.456 e. The van der Waals surface area contributed by atoms with Crippen LogP contribution < -0.4 is 5.73 Å². The smallest absolute Gasteiger partial charge is 0.137 e. The standard InChI is InChI=1S/C15H11ClFNO/c1-8-2-3-13-9(4-8)5-14(19-13)11-6-10(17)7-12(16)15(11)18/h2-7H,18H2,1H3. The van der Waals surface area contributed by atoms with Gasteiger partial charge >= 0.3 is 0 Å². The Morgan fingerprint density at radius 3 is 2.74 bits per heavy atom. The number of fused-ring (bicyclic) bond motifs is 1. The molecule has 1 aromatic heterocycles. The Morgan fingerprint density at radius 1 is 1.16 bits per heavy atom. The molecule has 0 unspecified atom stereocenters. The number of nitrogen functional groups attached to an aromatic ring is 1. The van der Waals surface area contributed by atoms with Gasteiger partial charge in [-0.2, -0.15) is 0 Å². The number of furan rings is 1. The topological polar surface area (TPSA) is 39.2 Å². The lowest BCUT2D eigenvalue weighted by Gasteiger charge is -2.04. The van der Waals surface area contributed by atoms with Gasteiger partial charge in [0.2, 0.25) is 0 Å². The summed E-state index contributed by atoms with van der Waals surface area (Å²) in [5, 5.41) is 1.14. The van der Waals surface area contributed by atoms with Crippen molar-refractivity contribution in [2.45, 2.75) is 6.92 Å². The molecule has 0 saturated carbocycles. The molecular weight excluding hydrogens is 265 g/mol. The average Bonchev–Trinajstić information content (AvgIpc) is 2.76. The summed E-state index contributed by atoms with van der Waals surface area (Å²) in [5.74, 6) is 0.0744. The molecule has 0 radical (unpaired) electrons. The van der Waals surface area contributed by atoms with E-state index in [1.807, 2.05) is 31.2 Å². The summed E-state index contributed by atoms with van der Waals surface area (Å²) in [7, 11) is 0. The van der Waals surface area contributed by atoms with Crippen LogP contribution >= 0.6 is 11.6 Å². The molecule has 3 aromatic rings. The Balaban J connectivity index is 2.24. The van der Waals surface area contributed by atoms with Crippen LogP contribution in [0.3, 0.4) is 0 Å². The first kappa shape index (κ1) is 12.1. The van der Waals surface area contributed by atoms with E-state index in [-0.39, 0.29) is 5.02 Å². The first-order valence-corrected chi connectivity index (χ1v) is 6.17. The van der Waals surface area contributed by atoms with E-state index in [4.69, 9.17) is 21.8 Å². The van der Waals surface area contributed by atoms with E-state index in [0.29, 0.717) is 17.0 Å². The summed E-state index contributed by atoms with van der Waals surface area (Å²) in [4.78, 5) is 0. The second kappa shape index (κ2) is 4.28. The Labute approximate surface area is 114 Å². The van der Waals surface area contributed by atoms with Crippen LogP contribution in [0, 0.1) is 12.7 Å². The summed E-state index contributed by atoms with van der Waals surface area (Å²) in [6, 6.07) is 10.2. The molecule has 1 heterocycles. The summed E-state index contributed by atoms with van der Waals surface area (Å²) >= 11 is 5.89. The molecule has 0 spiro atoms. The molecule has 4 heteroatoms. The summed E-state index contributed by atoms with van der Waals surface area (Å²) in [6.45, 7) is 2.00. The lowest BCUT2D eigenvalue weighted by Crippen LogP contribution is -1.92. The lowest BCUT2D eigenvalue weighted by atomic mass is 10.1. The van der Waals surface area contributed by atoms with Crippen molar-refractivity contribution in [3.8, 4) is 11.3 Å². The summed E-state index contributed by atoms with van der Waals surface area (Å²) in [5.41, 5.74) is 8.53. The maximum absolute atomic E-state index is 13.4. The molecule has 0 atom stereocenters. The molecule has 0 saturated heterocycles. The number of hydrogen-bond acceptors (Lipinski definition) is 2.